The molecular formula is C18H20ClN3O4S. The molecule has 0 bridgehead atoms. The molecule has 0 aliphatic heterocycles. The Morgan fingerprint density at radius 2 is 2.22 bits per heavy atom. The summed E-state index contributed by atoms with van der Waals surface area (Å²) in [4.78, 5) is 26.2. The van der Waals surface area contributed by atoms with Gasteiger partial charge in [-0.25, -0.2) is 0 Å². The van der Waals surface area contributed by atoms with Crippen LogP contribution in [-0.4, -0.2) is 35.4 Å². The Labute approximate surface area is 166 Å². The van der Waals surface area contributed by atoms with Gasteiger partial charge in [-0.3, -0.25) is 19.8 Å². The van der Waals surface area contributed by atoms with Gasteiger partial charge in [0.2, 0.25) is 5.91 Å². The smallest absolute Gasteiger partial charge is 0.271 e. The average Bonchev–Trinajstić information content (AvgIpc) is 3.05. The molecule has 0 aliphatic carbocycles. The molecule has 27 heavy (non-hydrogen) atoms. The van der Waals surface area contributed by atoms with Crippen LogP contribution >= 0.6 is 22.9 Å². The molecule has 2 aromatic rings. The maximum atomic E-state index is 12.7. The summed E-state index contributed by atoms with van der Waals surface area (Å²) in [6.45, 7) is 6.53. The quantitative estimate of drug-likeness (QED) is 0.378. The lowest BCUT2D eigenvalue weighted by Crippen LogP contribution is -2.41. The van der Waals surface area contributed by atoms with Crippen molar-refractivity contribution in [3.8, 4) is 5.75 Å². The molecule has 7 nitrogen and oxygen atoms in total. The zero-order chi connectivity index (χ0) is 20.0. The van der Waals surface area contributed by atoms with Crippen molar-refractivity contribution in [3.63, 3.8) is 0 Å². The van der Waals surface area contributed by atoms with Crippen molar-refractivity contribution in [2.45, 2.75) is 19.5 Å². The number of carbonyl (C=O) groups is 1. The van der Waals surface area contributed by atoms with Crippen LogP contribution in [0.25, 0.3) is 0 Å². The Morgan fingerprint density at radius 1 is 1.48 bits per heavy atom. The van der Waals surface area contributed by atoms with E-state index in [2.05, 4.69) is 11.9 Å². The van der Waals surface area contributed by atoms with E-state index in [9.17, 15) is 14.9 Å². The monoisotopic (exact) mass is 409 g/mol. The van der Waals surface area contributed by atoms with Crippen molar-refractivity contribution >= 4 is 40.2 Å². The van der Waals surface area contributed by atoms with Crippen LogP contribution in [0, 0.1) is 10.1 Å². The van der Waals surface area contributed by atoms with Crippen LogP contribution in [0.5, 0.6) is 5.75 Å². The van der Waals surface area contributed by atoms with E-state index >= 15 is 0 Å². The highest BCUT2D eigenvalue weighted by Gasteiger charge is 2.23. The molecule has 0 saturated carbocycles. The van der Waals surface area contributed by atoms with Crippen molar-refractivity contribution in [2.75, 3.05) is 19.0 Å². The molecule has 0 aliphatic rings. The summed E-state index contributed by atoms with van der Waals surface area (Å²) in [6, 6.07) is 7.27. The lowest BCUT2D eigenvalue weighted by Gasteiger charge is -2.26. The van der Waals surface area contributed by atoms with Crippen LogP contribution < -0.4 is 10.1 Å². The standard InChI is InChI=1S/C18H20ClN3O4S/c1-4-9-21(11-14-6-8-17(19)27-14)12(2)18(23)20-15-10-13(22(24)25)5-7-16(15)26-3/h4-8,10,12H,1,9,11H2,2-3H3,(H,20,23)/t12-/m1/s1. The normalized spacial score (nSPS) is 11.9. The van der Waals surface area contributed by atoms with E-state index in [0.717, 1.165) is 4.88 Å². The van der Waals surface area contributed by atoms with Crippen molar-refractivity contribution in [1.82, 2.24) is 4.90 Å². The van der Waals surface area contributed by atoms with Crippen LogP contribution in [0.2, 0.25) is 4.34 Å². The number of nitrogens with one attached hydrogen (secondary N) is 1. The number of thiophene rings is 1. The molecule has 0 unspecified atom stereocenters. The van der Waals surface area contributed by atoms with Crippen molar-refractivity contribution in [3.05, 3.63) is 62.3 Å². The number of nitro benzene ring substituents is 1. The minimum atomic E-state index is -0.525. The van der Waals surface area contributed by atoms with Gasteiger partial charge in [-0.1, -0.05) is 17.7 Å². The van der Waals surface area contributed by atoms with Gasteiger partial charge in [-0.15, -0.1) is 17.9 Å². The van der Waals surface area contributed by atoms with Crippen LogP contribution in [0.3, 0.4) is 0 Å². The molecular weight excluding hydrogens is 390 g/mol. The van der Waals surface area contributed by atoms with Crippen LogP contribution in [-0.2, 0) is 11.3 Å². The molecule has 0 fully saturated rings. The van der Waals surface area contributed by atoms with E-state index in [1.165, 1.54) is 36.6 Å². The van der Waals surface area contributed by atoms with Gasteiger partial charge in [0.15, 0.2) is 0 Å². The third-order valence-electron chi connectivity index (χ3n) is 3.93. The summed E-state index contributed by atoms with van der Waals surface area (Å²) < 4.78 is 5.87. The number of non-ortho nitro benzene ring substituents is 1. The Hall–Kier alpha value is -2.42. The zero-order valence-electron chi connectivity index (χ0n) is 15.0. The van der Waals surface area contributed by atoms with E-state index in [1.54, 1.807) is 13.0 Å². The van der Waals surface area contributed by atoms with Crippen molar-refractivity contribution in [2.24, 2.45) is 0 Å². The molecule has 1 amide bonds. The summed E-state index contributed by atoms with van der Waals surface area (Å²) in [7, 11) is 1.44. The lowest BCUT2D eigenvalue weighted by atomic mass is 10.2. The summed E-state index contributed by atoms with van der Waals surface area (Å²) in [5.74, 6) is 0.0414. The highest BCUT2D eigenvalue weighted by Crippen LogP contribution is 2.29. The second-order valence-electron chi connectivity index (χ2n) is 5.73. The first kappa shape index (κ1) is 20.9. The molecule has 1 heterocycles. The minimum Gasteiger partial charge on any atom is -0.495 e. The molecule has 1 atom stereocenters. The fourth-order valence-electron chi connectivity index (χ4n) is 2.47. The lowest BCUT2D eigenvalue weighted by molar-refractivity contribution is -0.384. The van der Waals surface area contributed by atoms with Crippen LogP contribution in [0.4, 0.5) is 11.4 Å². The van der Waals surface area contributed by atoms with Crippen molar-refractivity contribution < 1.29 is 14.5 Å². The molecule has 0 saturated heterocycles. The van der Waals surface area contributed by atoms with Crippen molar-refractivity contribution in [1.29, 1.82) is 0 Å². The minimum absolute atomic E-state index is 0.130. The summed E-state index contributed by atoms with van der Waals surface area (Å²) >= 11 is 7.42. The van der Waals surface area contributed by atoms with Gasteiger partial charge in [-0.05, 0) is 25.1 Å². The second kappa shape index (κ2) is 9.50. The number of amides is 1. The summed E-state index contributed by atoms with van der Waals surface area (Å²) in [5, 5.41) is 13.7. The van der Waals surface area contributed by atoms with Gasteiger partial charge < -0.3 is 10.1 Å². The third-order valence-corrected chi connectivity index (χ3v) is 5.15. The number of hydrogen-bond donors (Lipinski definition) is 1. The zero-order valence-corrected chi connectivity index (χ0v) is 16.5. The number of carbonyl (C=O) groups excluding carboxylic acids is 1. The Morgan fingerprint density at radius 3 is 2.78 bits per heavy atom. The van der Waals surface area contributed by atoms with Crippen LogP contribution in [0.1, 0.15) is 11.8 Å². The summed E-state index contributed by atoms with van der Waals surface area (Å²) in [6.07, 6.45) is 1.72. The van der Waals surface area contributed by atoms with Gasteiger partial charge >= 0.3 is 0 Å². The fourth-order valence-corrected chi connectivity index (χ4v) is 3.59. The topological polar surface area (TPSA) is 84.7 Å². The van der Waals surface area contributed by atoms with Gasteiger partial charge in [-0.2, -0.15) is 0 Å². The van der Waals surface area contributed by atoms with Gasteiger partial charge in [0, 0.05) is 30.1 Å². The van der Waals surface area contributed by atoms with Crippen LogP contribution in [0.15, 0.2) is 43.0 Å². The number of hydrogen-bond acceptors (Lipinski definition) is 6. The van der Waals surface area contributed by atoms with Gasteiger partial charge in [0.05, 0.1) is 28.1 Å². The number of anilines is 1. The highest BCUT2D eigenvalue weighted by molar-refractivity contribution is 7.16. The number of methoxy groups -OCH3 is 1. The predicted octanol–water partition coefficient (Wildman–Crippen LogP) is 4.33. The molecule has 2 rings (SSSR count). The Balaban J connectivity index is 2.17. The third kappa shape index (κ3) is 5.53. The highest BCUT2D eigenvalue weighted by atomic mass is 35.5. The average molecular weight is 410 g/mol. The van der Waals surface area contributed by atoms with E-state index in [0.29, 0.717) is 23.2 Å². The first-order valence-electron chi connectivity index (χ1n) is 8.08. The van der Waals surface area contributed by atoms with E-state index < -0.39 is 11.0 Å². The molecule has 9 heteroatoms. The number of nitro groups is 1. The van der Waals surface area contributed by atoms with Gasteiger partial charge in [0.25, 0.3) is 5.69 Å². The summed E-state index contributed by atoms with van der Waals surface area (Å²) in [5.41, 5.74) is 0.121. The molecule has 1 aromatic heterocycles. The fraction of sp³-hybridized carbons (Fsp3) is 0.278. The first-order valence-corrected chi connectivity index (χ1v) is 9.27. The SMILES string of the molecule is C=CCN(Cc1ccc(Cl)s1)[C@H](C)C(=O)Nc1cc([N+](=O)[O-])ccc1OC. The van der Waals surface area contributed by atoms with E-state index in [1.807, 2.05) is 17.0 Å². The predicted molar refractivity (Wildman–Crippen MR) is 108 cm³/mol. The number of rotatable bonds is 9. The first-order chi connectivity index (χ1) is 12.8. The molecule has 0 spiro atoms. The van der Waals surface area contributed by atoms with E-state index in [4.69, 9.17) is 16.3 Å². The Bertz CT molecular complexity index is 840. The van der Waals surface area contributed by atoms with E-state index in [-0.39, 0.29) is 17.3 Å². The largest absolute Gasteiger partial charge is 0.495 e. The maximum Gasteiger partial charge on any atom is 0.271 e. The number of halogens is 1. The molecule has 0 radical (unpaired) electrons. The number of nitrogens with zero attached hydrogens (tertiary/aromatic N) is 2. The second-order valence-corrected chi connectivity index (χ2v) is 7.53. The maximum absolute atomic E-state index is 12.7. The number of benzene rings is 1. The molecule has 1 aromatic carbocycles. The number of ether oxygens (including phenoxy) is 1. The Kier molecular flexibility index (Phi) is 7.35. The molecule has 1 N–H and O–H groups in total. The van der Waals surface area contributed by atoms with Gasteiger partial charge in [0.1, 0.15) is 5.75 Å². The molecule has 144 valence electrons.